The zero-order chi connectivity index (χ0) is 18.0. The third-order valence-corrected chi connectivity index (χ3v) is 5.96. The summed E-state index contributed by atoms with van der Waals surface area (Å²) >= 11 is 0. The van der Waals surface area contributed by atoms with E-state index in [0.29, 0.717) is 6.61 Å². The number of rotatable bonds is 5. The fourth-order valence-electron chi connectivity index (χ4n) is 4.57. The minimum atomic E-state index is -0.553. The molecule has 0 aliphatic heterocycles. The summed E-state index contributed by atoms with van der Waals surface area (Å²) in [6, 6.07) is 1.42. The van der Waals surface area contributed by atoms with E-state index in [1.54, 1.807) is 4.90 Å². The van der Waals surface area contributed by atoms with Gasteiger partial charge in [0.1, 0.15) is 6.54 Å². The van der Waals surface area contributed by atoms with E-state index in [1.807, 2.05) is 14.0 Å². The van der Waals surface area contributed by atoms with Crippen LogP contribution in [0.15, 0.2) is 21.9 Å². The van der Waals surface area contributed by atoms with E-state index in [1.165, 1.54) is 36.1 Å². The number of nitrogens with zero attached hydrogens (tertiary/aromatic N) is 2. The first-order valence-electron chi connectivity index (χ1n) is 9.15. The van der Waals surface area contributed by atoms with E-state index in [9.17, 15) is 14.4 Å². The van der Waals surface area contributed by atoms with Gasteiger partial charge < -0.3 is 9.64 Å². The van der Waals surface area contributed by atoms with E-state index in [2.05, 4.69) is 4.98 Å². The van der Waals surface area contributed by atoms with Gasteiger partial charge in [-0.2, -0.15) is 0 Å². The highest BCUT2D eigenvalue weighted by Crippen LogP contribution is 2.55. The lowest BCUT2D eigenvalue weighted by Crippen LogP contribution is -2.66. The molecule has 1 aromatic heterocycles. The predicted molar refractivity (Wildman–Crippen MR) is 93.4 cm³/mol. The Hall–Kier alpha value is -1.89. The van der Waals surface area contributed by atoms with Crippen LogP contribution in [-0.2, 0) is 16.1 Å². The third kappa shape index (κ3) is 3.29. The zero-order valence-corrected chi connectivity index (χ0v) is 15.0. The van der Waals surface area contributed by atoms with Gasteiger partial charge in [0.15, 0.2) is 0 Å². The Morgan fingerprint density at radius 3 is 2.72 bits per heavy atom. The van der Waals surface area contributed by atoms with Crippen LogP contribution in [-0.4, -0.2) is 46.2 Å². The van der Waals surface area contributed by atoms with Crippen LogP contribution in [0.4, 0.5) is 0 Å². The molecule has 25 heavy (non-hydrogen) atoms. The molecule has 0 aromatic carbocycles. The molecule has 7 heteroatoms. The van der Waals surface area contributed by atoms with Crippen LogP contribution in [0.25, 0.3) is 0 Å². The highest BCUT2D eigenvalue weighted by Gasteiger charge is 2.57. The fraction of sp³-hybridized carbons (Fsp3) is 0.722. The number of carbonyl (C=O) groups excluding carboxylic acids is 1. The molecular formula is C18H27N3O4. The smallest absolute Gasteiger partial charge is 0.328 e. The van der Waals surface area contributed by atoms with Crippen LogP contribution in [0.2, 0.25) is 0 Å². The number of carbonyl (C=O) groups is 1. The normalized spacial score (nSPS) is 24.7. The second-order valence-corrected chi connectivity index (χ2v) is 7.23. The lowest BCUT2D eigenvalue weighted by Gasteiger charge is -2.60. The van der Waals surface area contributed by atoms with Gasteiger partial charge in [0.2, 0.25) is 5.91 Å². The highest BCUT2D eigenvalue weighted by molar-refractivity contribution is 5.76. The van der Waals surface area contributed by atoms with Gasteiger partial charge in [-0.1, -0.05) is 19.3 Å². The van der Waals surface area contributed by atoms with Crippen molar-refractivity contribution in [3.8, 4) is 0 Å². The van der Waals surface area contributed by atoms with E-state index in [0.717, 1.165) is 19.3 Å². The molecule has 138 valence electrons. The second kappa shape index (κ2) is 7.15. The molecular weight excluding hydrogens is 322 g/mol. The number of hydrogen-bond donors (Lipinski definition) is 1. The largest absolute Gasteiger partial charge is 0.378 e. The Bertz CT molecular complexity index is 732. The Morgan fingerprint density at radius 2 is 2.08 bits per heavy atom. The summed E-state index contributed by atoms with van der Waals surface area (Å²) < 4.78 is 7.19. The van der Waals surface area contributed by atoms with Crippen molar-refractivity contribution in [3.05, 3.63) is 33.1 Å². The molecule has 0 saturated heterocycles. The van der Waals surface area contributed by atoms with Crippen molar-refractivity contribution in [2.75, 3.05) is 13.7 Å². The minimum Gasteiger partial charge on any atom is -0.378 e. The van der Waals surface area contributed by atoms with Crippen LogP contribution in [0, 0.1) is 5.41 Å². The van der Waals surface area contributed by atoms with Gasteiger partial charge in [0.25, 0.3) is 5.56 Å². The first kappa shape index (κ1) is 17.9. The molecule has 2 saturated carbocycles. The number of amides is 1. The van der Waals surface area contributed by atoms with Crippen molar-refractivity contribution in [1.29, 1.82) is 0 Å². The van der Waals surface area contributed by atoms with Crippen LogP contribution in [0.5, 0.6) is 0 Å². The van der Waals surface area contributed by atoms with Gasteiger partial charge in [0, 0.05) is 37.4 Å². The van der Waals surface area contributed by atoms with Crippen LogP contribution >= 0.6 is 0 Å². The standard InChI is InChI=1S/C18H27N3O4/c1-3-25-14-11-13(18(14)8-5-4-6-9-18)20(2)16(23)12-21-10-7-15(22)19-17(21)24/h7,10,13-14H,3-6,8-9,11-12H2,1-2H3,(H,19,22,24)/t13-,14-/m0/s1. The Morgan fingerprint density at radius 1 is 1.36 bits per heavy atom. The average Bonchev–Trinajstić information content (AvgIpc) is 2.60. The molecule has 2 fully saturated rings. The van der Waals surface area contributed by atoms with Gasteiger partial charge in [-0.3, -0.25) is 19.1 Å². The Balaban J connectivity index is 1.73. The molecule has 2 aliphatic carbocycles. The number of ether oxygens (including phenoxy) is 1. The summed E-state index contributed by atoms with van der Waals surface area (Å²) in [4.78, 5) is 39.6. The van der Waals surface area contributed by atoms with E-state index in [-0.39, 0.29) is 30.0 Å². The van der Waals surface area contributed by atoms with Gasteiger partial charge in [-0.05, 0) is 26.2 Å². The van der Waals surface area contributed by atoms with Gasteiger partial charge in [0.05, 0.1) is 6.10 Å². The van der Waals surface area contributed by atoms with Gasteiger partial charge in [-0.25, -0.2) is 4.79 Å². The van der Waals surface area contributed by atoms with E-state index in [4.69, 9.17) is 4.74 Å². The molecule has 1 spiro atoms. The summed E-state index contributed by atoms with van der Waals surface area (Å²) in [5, 5.41) is 0. The summed E-state index contributed by atoms with van der Waals surface area (Å²) in [6.07, 6.45) is 8.26. The maximum absolute atomic E-state index is 12.7. The summed E-state index contributed by atoms with van der Waals surface area (Å²) in [5.41, 5.74) is -0.946. The first-order chi connectivity index (χ1) is 12.0. The minimum absolute atomic E-state index is 0.0575. The van der Waals surface area contributed by atoms with E-state index >= 15 is 0 Å². The first-order valence-corrected chi connectivity index (χ1v) is 9.15. The van der Waals surface area contributed by atoms with Crippen molar-refractivity contribution >= 4 is 5.91 Å². The maximum atomic E-state index is 12.7. The van der Waals surface area contributed by atoms with Crippen molar-refractivity contribution < 1.29 is 9.53 Å². The molecule has 1 aromatic rings. The molecule has 7 nitrogen and oxygen atoms in total. The molecule has 0 bridgehead atoms. The molecule has 0 unspecified atom stereocenters. The Labute approximate surface area is 147 Å². The monoisotopic (exact) mass is 349 g/mol. The second-order valence-electron chi connectivity index (χ2n) is 7.23. The molecule has 3 rings (SSSR count). The number of aromatic amines is 1. The number of aromatic nitrogens is 2. The van der Waals surface area contributed by atoms with Crippen molar-refractivity contribution in [1.82, 2.24) is 14.5 Å². The van der Waals surface area contributed by atoms with Crippen molar-refractivity contribution in [3.63, 3.8) is 0 Å². The molecule has 0 radical (unpaired) electrons. The molecule has 2 aliphatic rings. The van der Waals surface area contributed by atoms with Gasteiger partial charge >= 0.3 is 5.69 Å². The average molecular weight is 349 g/mol. The number of likely N-dealkylation sites (N-methyl/N-ethyl adjacent to an activating group) is 1. The number of nitrogens with one attached hydrogen (secondary N) is 1. The molecule has 1 N–H and O–H groups in total. The number of hydrogen-bond acceptors (Lipinski definition) is 4. The third-order valence-electron chi connectivity index (χ3n) is 5.96. The van der Waals surface area contributed by atoms with Gasteiger partial charge in [-0.15, -0.1) is 0 Å². The number of H-pyrrole nitrogens is 1. The van der Waals surface area contributed by atoms with E-state index < -0.39 is 11.2 Å². The SMILES string of the molecule is CCO[C@H]1C[C@H](N(C)C(=O)Cn2ccc(=O)[nH]c2=O)C12CCCCC2. The highest BCUT2D eigenvalue weighted by atomic mass is 16.5. The topological polar surface area (TPSA) is 84.4 Å². The fourth-order valence-corrected chi connectivity index (χ4v) is 4.57. The van der Waals surface area contributed by atoms with Crippen LogP contribution < -0.4 is 11.2 Å². The molecule has 1 amide bonds. The maximum Gasteiger partial charge on any atom is 0.328 e. The molecule has 2 atom stereocenters. The van der Waals surface area contributed by atoms with Crippen molar-refractivity contribution in [2.24, 2.45) is 5.41 Å². The lowest BCUT2D eigenvalue weighted by atomic mass is 9.54. The quantitative estimate of drug-likeness (QED) is 0.863. The zero-order valence-electron chi connectivity index (χ0n) is 15.0. The summed E-state index contributed by atoms with van der Waals surface area (Å²) in [6.45, 7) is 2.66. The van der Waals surface area contributed by atoms with Crippen molar-refractivity contribution in [2.45, 2.75) is 64.1 Å². The Kier molecular flexibility index (Phi) is 5.13. The van der Waals surface area contributed by atoms with Crippen LogP contribution in [0.3, 0.4) is 0 Å². The lowest BCUT2D eigenvalue weighted by molar-refractivity contribution is -0.185. The predicted octanol–water partition coefficient (Wildman–Crippen LogP) is 1.12. The van der Waals surface area contributed by atoms with Crippen LogP contribution in [0.1, 0.15) is 45.4 Å². The summed E-state index contributed by atoms with van der Waals surface area (Å²) in [7, 11) is 1.82. The molecule has 1 heterocycles. The summed E-state index contributed by atoms with van der Waals surface area (Å²) in [5.74, 6) is -0.112.